The van der Waals surface area contributed by atoms with Gasteiger partial charge in [0.15, 0.2) is 0 Å². The number of halogens is 1. The zero-order valence-electron chi connectivity index (χ0n) is 2.81. The first-order valence-corrected chi connectivity index (χ1v) is 0.494. The number of rotatable bonds is 0. The molecule has 4 heteroatoms. The second kappa shape index (κ2) is 26.7. The molecule has 0 atom stereocenters. The van der Waals surface area contributed by atoms with Crippen molar-refractivity contribution in [2.45, 2.75) is 0 Å². The third-order valence-corrected chi connectivity index (χ3v) is 0. The Bertz CT molecular complexity index is 17.1. The first kappa shape index (κ1) is 18.3. The summed E-state index contributed by atoms with van der Waals surface area (Å²) in [6.07, 6.45) is 0. The molecule has 0 aromatic rings. The van der Waals surface area contributed by atoms with Crippen LogP contribution in [0.4, 0.5) is 0 Å². The van der Waals surface area contributed by atoms with Gasteiger partial charge in [0.25, 0.3) is 6.47 Å². The molecule has 0 aliphatic rings. The molecule has 1 N–H and O–H groups in total. The van der Waals surface area contributed by atoms with Gasteiger partial charge in [0.2, 0.25) is 0 Å². The van der Waals surface area contributed by atoms with Gasteiger partial charge in [0, 0.05) is 0 Å². The molecule has 0 rings (SSSR count). The minimum absolute atomic E-state index is 0. The maximum atomic E-state index is 8.36. The van der Waals surface area contributed by atoms with Gasteiger partial charge in [-0.3, -0.25) is 4.79 Å². The van der Waals surface area contributed by atoms with E-state index in [0.29, 0.717) is 0 Å². The molecule has 0 spiro atoms. The Morgan fingerprint density at radius 1 is 1.60 bits per heavy atom. The van der Waals surface area contributed by atoms with Crippen molar-refractivity contribution in [2.24, 2.45) is 0 Å². The van der Waals surface area contributed by atoms with E-state index < -0.39 is 0 Å². The fourth-order valence-electron chi connectivity index (χ4n) is 0. The van der Waals surface area contributed by atoms with Gasteiger partial charge < -0.3 is 17.5 Å². The Labute approximate surface area is 48.1 Å². The summed E-state index contributed by atoms with van der Waals surface area (Å²) in [4.78, 5) is 8.36. The largest absolute Gasteiger partial charge is 1.00 e. The molecular formula is CH2ClLiO2. The van der Waals surface area contributed by atoms with Crippen LogP contribution >= 0.6 is 0 Å². The minimum Gasteiger partial charge on any atom is -1.00 e. The van der Waals surface area contributed by atoms with Gasteiger partial charge in [0.05, 0.1) is 0 Å². The topological polar surface area (TPSA) is 37.3 Å². The molecule has 5 heavy (non-hydrogen) atoms. The molecular weight excluding hydrogens is 86.4 g/mol. The van der Waals surface area contributed by atoms with Crippen LogP contribution in [0, 0.1) is 0 Å². The van der Waals surface area contributed by atoms with Crippen molar-refractivity contribution >= 4 is 6.47 Å². The molecule has 0 saturated carbocycles. The Morgan fingerprint density at radius 2 is 1.60 bits per heavy atom. The van der Waals surface area contributed by atoms with E-state index in [9.17, 15) is 0 Å². The number of hydrogen-bond donors (Lipinski definition) is 1. The molecule has 26 valence electrons. The zero-order chi connectivity index (χ0) is 2.71. The van der Waals surface area contributed by atoms with E-state index in [2.05, 4.69) is 0 Å². The number of carboxylic acid groups (broad SMARTS) is 1. The van der Waals surface area contributed by atoms with Crippen LogP contribution in [0.1, 0.15) is 0 Å². The molecule has 0 amide bonds. The summed E-state index contributed by atoms with van der Waals surface area (Å²) in [5, 5.41) is 6.89. The molecule has 0 fully saturated rings. The predicted molar refractivity (Wildman–Crippen MR) is 8.69 cm³/mol. The third-order valence-electron chi connectivity index (χ3n) is 0. The summed E-state index contributed by atoms with van der Waals surface area (Å²) < 4.78 is 0. The van der Waals surface area contributed by atoms with Crippen LogP contribution in [0.3, 0.4) is 0 Å². The number of carbonyl (C=O) groups is 1. The summed E-state index contributed by atoms with van der Waals surface area (Å²) in [6, 6.07) is 0. The van der Waals surface area contributed by atoms with Gasteiger partial charge >= 0.3 is 18.9 Å². The molecule has 0 aliphatic heterocycles. The second-order valence-corrected chi connectivity index (χ2v) is 0.105. The van der Waals surface area contributed by atoms with Crippen molar-refractivity contribution in [3.63, 3.8) is 0 Å². The van der Waals surface area contributed by atoms with Crippen molar-refractivity contribution < 1.29 is 41.2 Å². The third kappa shape index (κ3) is 190. The van der Waals surface area contributed by atoms with Crippen molar-refractivity contribution in [1.29, 1.82) is 0 Å². The van der Waals surface area contributed by atoms with Gasteiger partial charge in [-0.1, -0.05) is 0 Å². The standard InChI is InChI=1S/CH2O2.ClH.Li/c2-1-3;;/h1H,(H,2,3);1H;/q;;+1/p-1. The summed E-state index contributed by atoms with van der Waals surface area (Å²) in [5.74, 6) is 0. The average Bonchev–Trinajstić information content (AvgIpc) is 0.918. The smallest absolute Gasteiger partial charge is 1.00 e. The van der Waals surface area contributed by atoms with E-state index in [1.165, 1.54) is 0 Å². The zero-order valence-corrected chi connectivity index (χ0v) is 3.57. The molecule has 0 heterocycles. The molecule has 0 aliphatic carbocycles. The maximum Gasteiger partial charge on any atom is 1.00 e. The fraction of sp³-hybridized carbons (Fsp3) is 0. The van der Waals surface area contributed by atoms with E-state index in [1.54, 1.807) is 0 Å². The number of hydrogen-bond acceptors (Lipinski definition) is 1. The quantitative estimate of drug-likeness (QED) is 0.236. The Balaban J connectivity index is -0.0000000200. The van der Waals surface area contributed by atoms with Crippen molar-refractivity contribution in [3.8, 4) is 0 Å². The normalized spacial score (nSPS) is 2.40. The second-order valence-electron chi connectivity index (χ2n) is 0.105. The molecule has 0 unspecified atom stereocenters. The van der Waals surface area contributed by atoms with E-state index in [4.69, 9.17) is 9.90 Å². The SMILES string of the molecule is O=CO.[Cl-].[Li+]. The maximum absolute atomic E-state index is 8.36. The summed E-state index contributed by atoms with van der Waals surface area (Å²) >= 11 is 0. The Kier molecular flexibility index (Phi) is 97.6. The van der Waals surface area contributed by atoms with E-state index in [-0.39, 0.29) is 37.7 Å². The van der Waals surface area contributed by atoms with Gasteiger partial charge in [-0.2, -0.15) is 0 Å². The summed E-state index contributed by atoms with van der Waals surface area (Å²) in [6.45, 7) is -0.250. The van der Waals surface area contributed by atoms with Gasteiger partial charge in [-0.15, -0.1) is 0 Å². The molecule has 2 nitrogen and oxygen atoms in total. The van der Waals surface area contributed by atoms with Crippen molar-refractivity contribution in [2.75, 3.05) is 0 Å². The van der Waals surface area contributed by atoms with Gasteiger partial charge in [0.1, 0.15) is 0 Å². The molecule has 0 saturated heterocycles. The van der Waals surface area contributed by atoms with Crippen LogP contribution < -0.4 is 31.3 Å². The Hall–Kier alpha value is 0.357. The average molecular weight is 88.4 g/mol. The monoisotopic (exact) mass is 88.0 g/mol. The minimum atomic E-state index is -0.250. The molecule has 0 aromatic carbocycles. The van der Waals surface area contributed by atoms with Gasteiger partial charge in [-0.05, 0) is 0 Å². The van der Waals surface area contributed by atoms with Crippen LogP contribution in [0.15, 0.2) is 0 Å². The first-order chi connectivity index (χ1) is 1.41. The van der Waals surface area contributed by atoms with E-state index in [1.807, 2.05) is 0 Å². The van der Waals surface area contributed by atoms with Crippen LogP contribution in [-0.2, 0) is 4.79 Å². The van der Waals surface area contributed by atoms with Crippen LogP contribution in [0.2, 0.25) is 0 Å². The Morgan fingerprint density at radius 3 is 1.60 bits per heavy atom. The van der Waals surface area contributed by atoms with Gasteiger partial charge in [-0.25, -0.2) is 0 Å². The van der Waals surface area contributed by atoms with E-state index in [0.717, 1.165) is 0 Å². The van der Waals surface area contributed by atoms with Crippen LogP contribution in [0.25, 0.3) is 0 Å². The predicted octanol–water partition coefficient (Wildman–Crippen LogP) is -6.29. The van der Waals surface area contributed by atoms with E-state index >= 15 is 0 Å². The van der Waals surface area contributed by atoms with Crippen LogP contribution in [0.5, 0.6) is 0 Å². The van der Waals surface area contributed by atoms with Crippen molar-refractivity contribution in [3.05, 3.63) is 0 Å². The fourth-order valence-corrected chi connectivity index (χ4v) is 0. The molecule has 0 radical (unpaired) electrons. The summed E-state index contributed by atoms with van der Waals surface area (Å²) in [5.41, 5.74) is 0. The molecule has 0 aromatic heterocycles. The van der Waals surface area contributed by atoms with Crippen LogP contribution in [-0.4, -0.2) is 11.6 Å². The molecule has 0 bridgehead atoms. The summed E-state index contributed by atoms with van der Waals surface area (Å²) in [7, 11) is 0. The first-order valence-electron chi connectivity index (χ1n) is 0.494. The van der Waals surface area contributed by atoms with Crippen molar-refractivity contribution in [1.82, 2.24) is 0 Å².